The minimum absolute atomic E-state index is 0.231. The van der Waals surface area contributed by atoms with Crippen molar-refractivity contribution in [3.8, 4) is 11.3 Å². The number of piperidine rings is 1. The Balaban J connectivity index is 1.71. The highest BCUT2D eigenvalue weighted by Gasteiger charge is 2.24. The molecule has 0 unspecified atom stereocenters. The Morgan fingerprint density at radius 2 is 2.04 bits per heavy atom. The van der Waals surface area contributed by atoms with Crippen LogP contribution in [-0.4, -0.2) is 53.2 Å². The first-order valence-electron chi connectivity index (χ1n) is 9.67. The van der Waals surface area contributed by atoms with E-state index in [1.54, 1.807) is 11.0 Å². The number of ether oxygens (including phenoxy) is 1. The molecule has 7 nitrogen and oxygen atoms in total. The lowest BCUT2D eigenvalue weighted by molar-refractivity contribution is 0.0983. The third-order valence-electron chi connectivity index (χ3n) is 4.57. The van der Waals surface area contributed by atoms with Gasteiger partial charge in [-0.2, -0.15) is 4.98 Å². The van der Waals surface area contributed by atoms with Crippen LogP contribution in [0.3, 0.4) is 0 Å². The Kier molecular flexibility index (Phi) is 6.84. The van der Waals surface area contributed by atoms with Crippen LogP contribution in [0.25, 0.3) is 11.3 Å². The lowest BCUT2D eigenvalue weighted by Crippen LogP contribution is -2.42. The number of carbonyl (C=O) groups excluding carboxylic acids is 1. The van der Waals surface area contributed by atoms with Crippen LogP contribution >= 0.6 is 0 Å². The Labute approximate surface area is 165 Å². The van der Waals surface area contributed by atoms with Gasteiger partial charge in [0.1, 0.15) is 5.82 Å². The predicted molar refractivity (Wildman–Crippen MR) is 111 cm³/mol. The van der Waals surface area contributed by atoms with E-state index in [1.165, 1.54) is 0 Å². The van der Waals surface area contributed by atoms with Crippen LogP contribution in [0.4, 0.5) is 16.6 Å². The van der Waals surface area contributed by atoms with Crippen molar-refractivity contribution in [2.24, 2.45) is 0 Å². The first-order valence-corrected chi connectivity index (χ1v) is 9.67. The molecular formula is C21H27N5O2. The molecule has 1 amide bonds. The van der Waals surface area contributed by atoms with Crippen molar-refractivity contribution >= 4 is 17.9 Å². The van der Waals surface area contributed by atoms with Gasteiger partial charge >= 0.3 is 6.09 Å². The predicted octanol–water partition coefficient (Wildman–Crippen LogP) is 3.77. The van der Waals surface area contributed by atoms with Crippen LogP contribution in [0.5, 0.6) is 0 Å². The highest BCUT2D eigenvalue weighted by Crippen LogP contribution is 2.23. The lowest BCUT2D eigenvalue weighted by atomic mass is 10.1. The normalized spacial score (nSPS) is 14.4. The van der Waals surface area contributed by atoms with Gasteiger partial charge in [0.05, 0.1) is 12.3 Å². The fourth-order valence-corrected chi connectivity index (χ4v) is 3.15. The molecule has 1 saturated heterocycles. The van der Waals surface area contributed by atoms with E-state index in [1.807, 2.05) is 43.3 Å². The SMILES string of the molecule is C=CCNc1nc(NC2CCN(C(=O)OCC)CC2)cc(-c2ccccc2)n1. The zero-order valence-corrected chi connectivity index (χ0v) is 16.2. The van der Waals surface area contributed by atoms with Crippen LogP contribution in [-0.2, 0) is 4.74 Å². The Morgan fingerprint density at radius 3 is 2.71 bits per heavy atom. The second kappa shape index (κ2) is 9.73. The molecule has 3 rings (SSSR count). The summed E-state index contributed by atoms with van der Waals surface area (Å²) in [6.07, 6.45) is 3.24. The molecule has 1 fully saturated rings. The van der Waals surface area contributed by atoms with Gasteiger partial charge in [0, 0.05) is 37.3 Å². The van der Waals surface area contributed by atoms with Gasteiger partial charge in [0.25, 0.3) is 0 Å². The third-order valence-corrected chi connectivity index (χ3v) is 4.57. The summed E-state index contributed by atoms with van der Waals surface area (Å²) >= 11 is 0. The number of carbonyl (C=O) groups is 1. The van der Waals surface area contributed by atoms with E-state index >= 15 is 0 Å². The van der Waals surface area contributed by atoms with E-state index in [0.717, 1.165) is 29.9 Å². The fourth-order valence-electron chi connectivity index (χ4n) is 3.15. The van der Waals surface area contributed by atoms with Crippen molar-refractivity contribution in [3.05, 3.63) is 49.1 Å². The largest absolute Gasteiger partial charge is 0.450 e. The van der Waals surface area contributed by atoms with Gasteiger partial charge < -0.3 is 20.3 Å². The Bertz CT molecular complexity index is 789. The number of nitrogens with zero attached hydrogens (tertiary/aromatic N) is 3. The molecule has 0 bridgehead atoms. The minimum atomic E-state index is -0.231. The zero-order valence-electron chi connectivity index (χ0n) is 16.2. The molecule has 1 aliphatic rings. The molecule has 148 valence electrons. The molecule has 0 aliphatic carbocycles. The van der Waals surface area contributed by atoms with Crippen molar-refractivity contribution < 1.29 is 9.53 Å². The fraction of sp³-hybridized carbons (Fsp3) is 0.381. The number of rotatable bonds is 7. The van der Waals surface area contributed by atoms with E-state index in [9.17, 15) is 4.79 Å². The monoisotopic (exact) mass is 381 g/mol. The minimum Gasteiger partial charge on any atom is -0.450 e. The van der Waals surface area contributed by atoms with Crippen LogP contribution in [0.2, 0.25) is 0 Å². The van der Waals surface area contributed by atoms with E-state index in [2.05, 4.69) is 27.2 Å². The van der Waals surface area contributed by atoms with Crippen LogP contribution in [0.1, 0.15) is 19.8 Å². The number of nitrogens with one attached hydrogen (secondary N) is 2. The standard InChI is InChI=1S/C21H27N5O2/c1-3-12-22-20-24-18(16-8-6-5-7-9-16)15-19(25-20)23-17-10-13-26(14-11-17)21(27)28-4-2/h3,5-9,15,17H,1,4,10-14H2,2H3,(H2,22,23,24,25). The smallest absolute Gasteiger partial charge is 0.409 e. The van der Waals surface area contributed by atoms with Gasteiger partial charge in [-0.05, 0) is 19.8 Å². The number of anilines is 2. The van der Waals surface area contributed by atoms with Crippen molar-refractivity contribution in [2.45, 2.75) is 25.8 Å². The van der Waals surface area contributed by atoms with Crippen LogP contribution in [0.15, 0.2) is 49.1 Å². The topological polar surface area (TPSA) is 79.4 Å². The molecule has 2 N–H and O–H groups in total. The zero-order chi connectivity index (χ0) is 19.8. The van der Waals surface area contributed by atoms with Crippen molar-refractivity contribution in [2.75, 3.05) is 36.9 Å². The van der Waals surface area contributed by atoms with E-state index in [4.69, 9.17) is 4.74 Å². The molecule has 28 heavy (non-hydrogen) atoms. The summed E-state index contributed by atoms with van der Waals surface area (Å²) in [4.78, 5) is 22.8. The average molecular weight is 381 g/mol. The summed E-state index contributed by atoms with van der Waals surface area (Å²) in [5.41, 5.74) is 1.89. The van der Waals surface area contributed by atoms with Gasteiger partial charge in [-0.3, -0.25) is 0 Å². The molecule has 0 saturated carbocycles. The van der Waals surface area contributed by atoms with Gasteiger partial charge in [0.15, 0.2) is 0 Å². The summed E-state index contributed by atoms with van der Waals surface area (Å²) in [6.45, 7) is 7.90. The van der Waals surface area contributed by atoms with Crippen molar-refractivity contribution in [3.63, 3.8) is 0 Å². The second-order valence-corrected chi connectivity index (χ2v) is 6.60. The third kappa shape index (κ3) is 5.22. The molecule has 0 spiro atoms. The number of hydrogen-bond donors (Lipinski definition) is 2. The highest BCUT2D eigenvalue weighted by molar-refractivity contribution is 5.68. The number of benzene rings is 1. The van der Waals surface area contributed by atoms with E-state index in [-0.39, 0.29) is 12.1 Å². The first kappa shape index (κ1) is 19.7. The van der Waals surface area contributed by atoms with Crippen molar-refractivity contribution in [1.82, 2.24) is 14.9 Å². The average Bonchev–Trinajstić information content (AvgIpc) is 2.73. The maximum atomic E-state index is 11.9. The lowest BCUT2D eigenvalue weighted by Gasteiger charge is -2.32. The maximum absolute atomic E-state index is 11.9. The number of amides is 1. The van der Waals surface area contributed by atoms with E-state index < -0.39 is 0 Å². The summed E-state index contributed by atoms with van der Waals surface area (Å²) in [5, 5.41) is 6.67. The second-order valence-electron chi connectivity index (χ2n) is 6.60. The van der Waals surface area contributed by atoms with Gasteiger partial charge in [0.2, 0.25) is 5.95 Å². The summed E-state index contributed by atoms with van der Waals surface area (Å²) in [6, 6.07) is 12.2. The molecule has 1 aliphatic heterocycles. The number of likely N-dealkylation sites (tertiary alicyclic amines) is 1. The first-order chi connectivity index (χ1) is 13.7. The van der Waals surface area contributed by atoms with Gasteiger partial charge in [-0.25, -0.2) is 9.78 Å². The summed E-state index contributed by atoms with van der Waals surface area (Å²) < 4.78 is 5.08. The molecule has 0 atom stereocenters. The van der Waals surface area contributed by atoms with Crippen LogP contribution < -0.4 is 10.6 Å². The van der Waals surface area contributed by atoms with Crippen LogP contribution in [0, 0.1) is 0 Å². The Hall–Kier alpha value is -3.09. The number of aromatic nitrogens is 2. The highest BCUT2D eigenvalue weighted by atomic mass is 16.6. The molecule has 1 aromatic heterocycles. The Morgan fingerprint density at radius 1 is 1.29 bits per heavy atom. The van der Waals surface area contributed by atoms with Crippen molar-refractivity contribution in [1.29, 1.82) is 0 Å². The molecule has 2 aromatic rings. The quantitative estimate of drug-likeness (QED) is 0.711. The molecule has 2 heterocycles. The summed E-state index contributed by atoms with van der Waals surface area (Å²) in [7, 11) is 0. The van der Waals surface area contributed by atoms with Gasteiger partial charge in [-0.15, -0.1) is 6.58 Å². The van der Waals surface area contributed by atoms with E-state index in [0.29, 0.717) is 32.2 Å². The molecule has 1 aromatic carbocycles. The maximum Gasteiger partial charge on any atom is 0.409 e. The van der Waals surface area contributed by atoms with Gasteiger partial charge in [-0.1, -0.05) is 36.4 Å². The molecule has 0 radical (unpaired) electrons. The molecular weight excluding hydrogens is 354 g/mol. The number of hydrogen-bond acceptors (Lipinski definition) is 6. The molecule has 7 heteroatoms. The summed E-state index contributed by atoms with van der Waals surface area (Å²) in [5.74, 6) is 1.34.